The van der Waals surface area contributed by atoms with Gasteiger partial charge in [0.1, 0.15) is 12.4 Å². The van der Waals surface area contributed by atoms with Crippen molar-refractivity contribution in [3.8, 4) is 11.5 Å². The molecule has 0 unspecified atom stereocenters. The van der Waals surface area contributed by atoms with Crippen LogP contribution >= 0.6 is 0 Å². The highest BCUT2D eigenvalue weighted by atomic mass is 16.5. The van der Waals surface area contributed by atoms with E-state index in [1.807, 2.05) is 91.6 Å². The number of para-hydroxylation sites is 3. The number of hydrogen-bond donors (Lipinski definition) is 0. The van der Waals surface area contributed by atoms with Crippen LogP contribution in [0.3, 0.4) is 0 Å². The van der Waals surface area contributed by atoms with Gasteiger partial charge in [0, 0.05) is 24.6 Å². The Balaban J connectivity index is 1.39. The van der Waals surface area contributed by atoms with E-state index in [-0.39, 0.29) is 11.8 Å². The number of nitrogens with zero attached hydrogens (tertiary/aromatic N) is 3. The fourth-order valence-corrected chi connectivity index (χ4v) is 4.97. The maximum absolute atomic E-state index is 13.0. The number of fused-ring (bicyclic) bond motifs is 1. The molecule has 1 saturated heterocycles. The van der Waals surface area contributed by atoms with Gasteiger partial charge in [-0.2, -0.15) is 0 Å². The largest absolute Gasteiger partial charge is 0.493 e. The van der Waals surface area contributed by atoms with Crippen LogP contribution in [0.25, 0.3) is 17.1 Å². The summed E-state index contributed by atoms with van der Waals surface area (Å²) in [5.41, 5.74) is 5.12. The van der Waals surface area contributed by atoms with Gasteiger partial charge in [-0.05, 0) is 55.3 Å². The summed E-state index contributed by atoms with van der Waals surface area (Å²) in [5.74, 6) is 2.49. The molecule has 1 atom stereocenters. The van der Waals surface area contributed by atoms with Crippen LogP contribution in [0, 0.1) is 6.92 Å². The lowest BCUT2D eigenvalue weighted by molar-refractivity contribution is -0.117. The van der Waals surface area contributed by atoms with Crippen molar-refractivity contribution in [3.05, 3.63) is 89.8 Å². The first-order valence-electron chi connectivity index (χ1n) is 12.3. The molecule has 1 aromatic heterocycles. The first kappa shape index (κ1) is 23.7. The number of benzene rings is 3. The van der Waals surface area contributed by atoms with Crippen LogP contribution in [-0.4, -0.2) is 35.7 Å². The van der Waals surface area contributed by atoms with Gasteiger partial charge in [-0.25, -0.2) is 4.98 Å². The lowest BCUT2D eigenvalue weighted by Gasteiger charge is -2.19. The van der Waals surface area contributed by atoms with E-state index in [4.69, 9.17) is 14.5 Å². The lowest BCUT2D eigenvalue weighted by atomic mass is 10.1. The third-order valence-electron chi connectivity index (χ3n) is 6.70. The van der Waals surface area contributed by atoms with E-state index in [2.05, 4.69) is 10.6 Å². The number of imidazole rings is 1. The van der Waals surface area contributed by atoms with Gasteiger partial charge >= 0.3 is 0 Å². The maximum atomic E-state index is 13.0. The number of hydrogen-bond acceptors (Lipinski definition) is 4. The second-order valence-corrected chi connectivity index (χ2v) is 9.06. The van der Waals surface area contributed by atoms with E-state index in [1.54, 1.807) is 7.11 Å². The van der Waals surface area contributed by atoms with Crippen LogP contribution in [0.1, 0.15) is 36.2 Å². The van der Waals surface area contributed by atoms with Crippen molar-refractivity contribution >= 4 is 28.7 Å². The lowest BCUT2D eigenvalue weighted by Crippen LogP contribution is -2.25. The molecule has 0 aliphatic carbocycles. The number of carbonyl (C=O) groups is 1. The van der Waals surface area contributed by atoms with Crippen LogP contribution in [0.4, 0.5) is 5.69 Å². The van der Waals surface area contributed by atoms with Gasteiger partial charge in [0.25, 0.3) is 0 Å². The van der Waals surface area contributed by atoms with Gasteiger partial charge in [-0.3, -0.25) is 4.79 Å². The first-order valence-corrected chi connectivity index (χ1v) is 12.3. The van der Waals surface area contributed by atoms with Crippen LogP contribution in [0.5, 0.6) is 11.5 Å². The molecule has 6 nitrogen and oxygen atoms in total. The van der Waals surface area contributed by atoms with Crippen LogP contribution in [0.15, 0.2) is 72.8 Å². The van der Waals surface area contributed by atoms with Gasteiger partial charge in [0.15, 0.2) is 11.5 Å². The fraction of sp³-hybridized carbons (Fsp3) is 0.267. The SMILES string of the molecule is C/C=C/c1ccc(OCCn2c([C@@H]3CC(=O)N(c4ccccc4C)C3)nc3ccccc32)c(OC)c1. The number of amides is 1. The Bertz CT molecular complexity index is 1420. The molecule has 3 aromatic carbocycles. The number of aryl methyl sites for hydroxylation is 1. The highest BCUT2D eigenvalue weighted by Crippen LogP contribution is 2.34. The van der Waals surface area contributed by atoms with Crippen LogP contribution < -0.4 is 14.4 Å². The molecule has 0 saturated carbocycles. The van der Waals surface area contributed by atoms with E-state index >= 15 is 0 Å². The zero-order valence-corrected chi connectivity index (χ0v) is 21.0. The highest BCUT2D eigenvalue weighted by molar-refractivity contribution is 5.97. The Labute approximate surface area is 211 Å². The number of carbonyl (C=O) groups excluding carboxylic acids is 1. The van der Waals surface area contributed by atoms with Crippen molar-refractivity contribution in [1.29, 1.82) is 0 Å². The first-order chi connectivity index (χ1) is 17.6. The summed E-state index contributed by atoms with van der Waals surface area (Å²) in [7, 11) is 1.65. The highest BCUT2D eigenvalue weighted by Gasteiger charge is 2.35. The predicted octanol–water partition coefficient (Wildman–Crippen LogP) is 5.99. The molecule has 0 spiro atoms. The summed E-state index contributed by atoms with van der Waals surface area (Å²) in [6.45, 7) is 5.72. The topological polar surface area (TPSA) is 56.6 Å². The van der Waals surface area contributed by atoms with Crippen molar-refractivity contribution in [2.24, 2.45) is 0 Å². The van der Waals surface area contributed by atoms with Gasteiger partial charge < -0.3 is 18.9 Å². The minimum absolute atomic E-state index is 0.0131. The minimum Gasteiger partial charge on any atom is -0.493 e. The molecule has 6 heteroatoms. The Kier molecular flexibility index (Phi) is 6.76. The second kappa shape index (κ2) is 10.3. The number of ether oxygens (including phenoxy) is 2. The molecular formula is C30H31N3O3. The van der Waals surface area contributed by atoms with Gasteiger partial charge in [0.2, 0.25) is 5.91 Å². The van der Waals surface area contributed by atoms with Gasteiger partial charge in [-0.1, -0.05) is 48.6 Å². The molecule has 1 fully saturated rings. The van der Waals surface area contributed by atoms with E-state index in [0.29, 0.717) is 37.6 Å². The van der Waals surface area contributed by atoms with Crippen molar-refractivity contribution in [2.75, 3.05) is 25.2 Å². The smallest absolute Gasteiger partial charge is 0.227 e. The van der Waals surface area contributed by atoms with Crippen molar-refractivity contribution in [3.63, 3.8) is 0 Å². The Morgan fingerprint density at radius 1 is 1.06 bits per heavy atom. The maximum Gasteiger partial charge on any atom is 0.227 e. The van der Waals surface area contributed by atoms with Gasteiger partial charge in [0.05, 0.1) is 24.7 Å². The number of methoxy groups -OCH3 is 1. The van der Waals surface area contributed by atoms with Crippen molar-refractivity contribution in [2.45, 2.75) is 32.7 Å². The van der Waals surface area contributed by atoms with Crippen molar-refractivity contribution < 1.29 is 14.3 Å². The molecule has 5 rings (SSSR count). The summed E-state index contributed by atoms with van der Waals surface area (Å²) < 4.78 is 13.9. The molecule has 184 valence electrons. The minimum atomic E-state index is 0.0131. The third-order valence-corrected chi connectivity index (χ3v) is 6.70. The van der Waals surface area contributed by atoms with Crippen molar-refractivity contribution in [1.82, 2.24) is 9.55 Å². The van der Waals surface area contributed by atoms with E-state index in [1.165, 1.54) is 0 Å². The molecule has 1 aliphatic rings. The molecule has 2 heterocycles. The van der Waals surface area contributed by atoms with E-state index < -0.39 is 0 Å². The second-order valence-electron chi connectivity index (χ2n) is 9.06. The average molecular weight is 482 g/mol. The van der Waals surface area contributed by atoms with Crippen LogP contribution in [0.2, 0.25) is 0 Å². The summed E-state index contributed by atoms with van der Waals surface area (Å²) in [6, 6.07) is 22.1. The Morgan fingerprint density at radius 2 is 1.86 bits per heavy atom. The summed E-state index contributed by atoms with van der Waals surface area (Å²) in [5, 5.41) is 0. The molecule has 36 heavy (non-hydrogen) atoms. The molecule has 4 aromatic rings. The standard InChI is InChI=1S/C30H31N3O3/c1-4-9-22-14-15-27(28(18-22)35-3)36-17-16-32-26-13-8-6-11-24(26)31-30(32)23-19-29(34)33(20-23)25-12-7-5-10-21(25)2/h4-15,18,23H,16-17,19-20H2,1-3H3/b9-4+/t23-/m1/s1. The number of rotatable bonds is 8. The molecular weight excluding hydrogens is 450 g/mol. The monoisotopic (exact) mass is 481 g/mol. The summed E-state index contributed by atoms with van der Waals surface area (Å²) in [6.07, 6.45) is 4.47. The summed E-state index contributed by atoms with van der Waals surface area (Å²) in [4.78, 5) is 19.9. The molecule has 1 amide bonds. The molecule has 0 N–H and O–H groups in total. The van der Waals surface area contributed by atoms with Gasteiger partial charge in [-0.15, -0.1) is 0 Å². The third kappa shape index (κ3) is 4.59. The quantitative estimate of drug-likeness (QED) is 0.310. The van der Waals surface area contributed by atoms with Crippen LogP contribution in [-0.2, 0) is 11.3 Å². The average Bonchev–Trinajstić information content (AvgIpc) is 3.45. The number of anilines is 1. The fourth-order valence-electron chi connectivity index (χ4n) is 4.97. The normalized spacial score (nSPS) is 15.8. The predicted molar refractivity (Wildman–Crippen MR) is 144 cm³/mol. The Morgan fingerprint density at radius 3 is 2.67 bits per heavy atom. The Hall–Kier alpha value is -4.06. The molecule has 1 aliphatic heterocycles. The van der Waals surface area contributed by atoms with E-state index in [0.717, 1.165) is 33.7 Å². The summed E-state index contributed by atoms with van der Waals surface area (Å²) >= 11 is 0. The zero-order chi connectivity index (χ0) is 25.1. The number of aromatic nitrogens is 2. The molecule has 0 bridgehead atoms. The van der Waals surface area contributed by atoms with E-state index in [9.17, 15) is 4.79 Å². The zero-order valence-electron chi connectivity index (χ0n) is 21.0. The molecule has 0 radical (unpaired) electrons. The number of allylic oxidation sites excluding steroid dienone is 1.